The molecule has 1 heterocycles. The van der Waals surface area contributed by atoms with Gasteiger partial charge in [-0.25, -0.2) is 0 Å². The number of fused-ring (bicyclic) bond motifs is 3. The van der Waals surface area contributed by atoms with Crippen LogP contribution in [0.4, 0.5) is 0 Å². The van der Waals surface area contributed by atoms with Gasteiger partial charge in [0.2, 0.25) is 0 Å². The fraction of sp³-hybridized carbons (Fsp3) is 0. The molecule has 0 atom stereocenters. The monoisotopic (exact) mass is 287 g/mol. The molecule has 0 unspecified atom stereocenters. The molecular formula is C13H6BrNS. The van der Waals surface area contributed by atoms with Crippen LogP contribution in [-0.4, -0.2) is 0 Å². The zero-order valence-electron chi connectivity index (χ0n) is 8.20. The Labute approximate surface area is 105 Å². The van der Waals surface area contributed by atoms with Gasteiger partial charge in [-0.1, -0.05) is 18.2 Å². The second-order valence-corrected chi connectivity index (χ2v) is 5.45. The summed E-state index contributed by atoms with van der Waals surface area (Å²) in [6.45, 7) is 0. The highest BCUT2D eigenvalue weighted by atomic mass is 79.9. The maximum absolute atomic E-state index is 8.87. The molecule has 1 aromatic heterocycles. The van der Waals surface area contributed by atoms with Crippen molar-refractivity contribution in [2.24, 2.45) is 0 Å². The second-order valence-electron chi connectivity index (χ2n) is 3.54. The fourth-order valence-electron chi connectivity index (χ4n) is 1.83. The van der Waals surface area contributed by atoms with Crippen molar-refractivity contribution in [2.45, 2.75) is 0 Å². The Balaban J connectivity index is 2.51. The minimum atomic E-state index is 0.718. The van der Waals surface area contributed by atoms with E-state index >= 15 is 0 Å². The Kier molecular flexibility index (Phi) is 2.20. The van der Waals surface area contributed by atoms with Crippen LogP contribution in [0.25, 0.3) is 20.2 Å². The molecule has 1 nitrogen and oxygen atoms in total. The number of thiophene rings is 1. The van der Waals surface area contributed by atoms with E-state index in [1.54, 1.807) is 11.3 Å². The lowest BCUT2D eigenvalue weighted by molar-refractivity contribution is 1.50. The molecule has 2 aromatic carbocycles. The van der Waals surface area contributed by atoms with E-state index in [1.165, 1.54) is 20.2 Å². The van der Waals surface area contributed by atoms with Gasteiger partial charge in [-0.15, -0.1) is 11.3 Å². The molecule has 0 spiro atoms. The third-order valence-corrected chi connectivity index (χ3v) is 4.70. The van der Waals surface area contributed by atoms with Crippen molar-refractivity contribution in [3.63, 3.8) is 0 Å². The Morgan fingerprint density at radius 1 is 1.12 bits per heavy atom. The molecule has 0 aliphatic carbocycles. The summed E-state index contributed by atoms with van der Waals surface area (Å²) in [5, 5.41) is 11.3. The molecule has 3 heteroatoms. The van der Waals surface area contributed by atoms with Gasteiger partial charge in [0.15, 0.2) is 0 Å². The first-order chi connectivity index (χ1) is 7.79. The average molecular weight is 288 g/mol. The highest BCUT2D eigenvalue weighted by Gasteiger charge is 2.07. The van der Waals surface area contributed by atoms with Crippen molar-refractivity contribution in [2.75, 3.05) is 0 Å². The molecular weight excluding hydrogens is 282 g/mol. The van der Waals surface area contributed by atoms with Crippen molar-refractivity contribution in [3.8, 4) is 6.07 Å². The van der Waals surface area contributed by atoms with Crippen molar-refractivity contribution >= 4 is 47.4 Å². The van der Waals surface area contributed by atoms with Gasteiger partial charge in [0.05, 0.1) is 11.6 Å². The van der Waals surface area contributed by atoms with Gasteiger partial charge in [-0.3, -0.25) is 0 Å². The second kappa shape index (κ2) is 3.58. The molecule has 16 heavy (non-hydrogen) atoms. The van der Waals surface area contributed by atoms with Crippen molar-refractivity contribution in [3.05, 3.63) is 46.4 Å². The maximum atomic E-state index is 8.87. The van der Waals surface area contributed by atoms with E-state index in [2.05, 4.69) is 28.1 Å². The molecule has 0 saturated heterocycles. The summed E-state index contributed by atoms with van der Waals surface area (Å²) in [4.78, 5) is 0. The number of hydrogen-bond donors (Lipinski definition) is 0. The van der Waals surface area contributed by atoms with Gasteiger partial charge in [0.1, 0.15) is 0 Å². The molecule has 0 N–H and O–H groups in total. The van der Waals surface area contributed by atoms with E-state index in [1.807, 2.05) is 30.3 Å². The lowest BCUT2D eigenvalue weighted by Gasteiger charge is -1.92. The van der Waals surface area contributed by atoms with Gasteiger partial charge in [0.25, 0.3) is 0 Å². The zero-order valence-corrected chi connectivity index (χ0v) is 10.6. The van der Waals surface area contributed by atoms with Crippen LogP contribution in [0.3, 0.4) is 0 Å². The Morgan fingerprint density at radius 2 is 2.00 bits per heavy atom. The van der Waals surface area contributed by atoms with Crippen LogP contribution in [0.5, 0.6) is 0 Å². The van der Waals surface area contributed by atoms with Crippen LogP contribution in [0.2, 0.25) is 0 Å². The van der Waals surface area contributed by atoms with E-state index in [-0.39, 0.29) is 0 Å². The van der Waals surface area contributed by atoms with Crippen LogP contribution in [0, 0.1) is 11.3 Å². The molecule has 0 bridgehead atoms. The standard InChI is InChI=1S/C13H6BrNS/c14-11-3-1-2-10-9-5-4-8(7-15)6-12(9)16-13(10)11/h1-6H. The summed E-state index contributed by atoms with van der Waals surface area (Å²) in [7, 11) is 0. The van der Waals surface area contributed by atoms with Crippen LogP contribution in [0.15, 0.2) is 40.9 Å². The molecule has 3 aromatic rings. The van der Waals surface area contributed by atoms with Gasteiger partial charge in [0, 0.05) is 24.6 Å². The average Bonchev–Trinajstić information content (AvgIpc) is 2.68. The summed E-state index contributed by atoms with van der Waals surface area (Å²) in [5.41, 5.74) is 0.718. The summed E-state index contributed by atoms with van der Waals surface area (Å²) < 4.78 is 3.53. The molecule has 0 saturated carbocycles. The minimum Gasteiger partial charge on any atom is -0.192 e. The van der Waals surface area contributed by atoms with Gasteiger partial charge >= 0.3 is 0 Å². The quantitative estimate of drug-likeness (QED) is 0.588. The lowest BCUT2D eigenvalue weighted by atomic mass is 10.1. The third-order valence-electron chi connectivity index (χ3n) is 2.58. The van der Waals surface area contributed by atoms with Crippen LogP contribution >= 0.6 is 27.3 Å². The van der Waals surface area contributed by atoms with Gasteiger partial charge < -0.3 is 0 Å². The third kappa shape index (κ3) is 1.35. The summed E-state index contributed by atoms with van der Waals surface area (Å²) in [5.74, 6) is 0. The van der Waals surface area contributed by atoms with Gasteiger partial charge in [-0.05, 0) is 34.1 Å². The van der Waals surface area contributed by atoms with Crippen molar-refractivity contribution < 1.29 is 0 Å². The molecule has 0 radical (unpaired) electrons. The van der Waals surface area contributed by atoms with Crippen LogP contribution in [0.1, 0.15) is 5.56 Å². The lowest BCUT2D eigenvalue weighted by Crippen LogP contribution is -1.71. The first-order valence-corrected chi connectivity index (χ1v) is 6.41. The fourth-order valence-corrected chi connectivity index (χ4v) is 3.59. The zero-order chi connectivity index (χ0) is 11.1. The van der Waals surface area contributed by atoms with E-state index in [0.29, 0.717) is 0 Å². The summed E-state index contributed by atoms with van der Waals surface area (Å²) in [6.07, 6.45) is 0. The first kappa shape index (κ1) is 9.83. The highest BCUT2D eigenvalue weighted by Crippen LogP contribution is 2.38. The Bertz CT molecular complexity index is 737. The Morgan fingerprint density at radius 3 is 2.81 bits per heavy atom. The van der Waals surface area contributed by atoms with E-state index in [4.69, 9.17) is 5.26 Å². The number of hydrogen-bond acceptors (Lipinski definition) is 2. The smallest absolute Gasteiger partial charge is 0.0992 e. The molecule has 76 valence electrons. The van der Waals surface area contributed by atoms with E-state index in [9.17, 15) is 0 Å². The molecule has 0 aliphatic rings. The normalized spacial score (nSPS) is 10.8. The predicted molar refractivity (Wildman–Crippen MR) is 71.7 cm³/mol. The van der Waals surface area contributed by atoms with E-state index in [0.717, 1.165) is 10.0 Å². The SMILES string of the molecule is N#Cc1ccc2c(c1)sc1c(Br)cccc12. The molecule has 0 fully saturated rings. The number of halogens is 1. The predicted octanol–water partition coefficient (Wildman–Crippen LogP) is 4.69. The van der Waals surface area contributed by atoms with Crippen LogP contribution < -0.4 is 0 Å². The van der Waals surface area contributed by atoms with Crippen molar-refractivity contribution in [1.29, 1.82) is 5.26 Å². The number of nitrogens with zero attached hydrogens (tertiary/aromatic N) is 1. The van der Waals surface area contributed by atoms with Crippen LogP contribution in [-0.2, 0) is 0 Å². The highest BCUT2D eigenvalue weighted by molar-refractivity contribution is 9.10. The molecule has 0 amide bonds. The van der Waals surface area contributed by atoms with Crippen molar-refractivity contribution in [1.82, 2.24) is 0 Å². The topological polar surface area (TPSA) is 23.8 Å². The number of rotatable bonds is 0. The largest absolute Gasteiger partial charge is 0.192 e. The molecule has 3 rings (SSSR count). The number of benzene rings is 2. The van der Waals surface area contributed by atoms with E-state index < -0.39 is 0 Å². The summed E-state index contributed by atoms with van der Waals surface area (Å²) >= 11 is 5.28. The maximum Gasteiger partial charge on any atom is 0.0992 e. The minimum absolute atomic E-state index is 0.718. The molecule has 0 aliphatic heterocycles. The number of nitriles is 1. The Hall–Kier alpha value is -1.37. The summed E-state index contributed by atoms with van der Waals surface area (Å²) in [6, 6.07) is 14.2. The first-order valence-electron chi connectivity index (χ1n) is 4.80. The van der Waals surface area contributed by atoms with Gasteiger partial charge in [-0.2, -0.15) is 5.26 Å².